The number of anilines is 1. The molecule has 4 rings (SSSR count). The fourth-order valence-electron chi connectivity index (χ4n) is 3.63. The van der Waals surface area contributed by atoms with E-state index < -0.39 is 5.92 Å². The number of rotatable bonds is 6. The monoisotopic (exact) mass is 449 g/mol. The van der Waals surface area contributed by atoms with Gasteiger partial charge in [0.2, 0.25) is 5.91 Å². The van der Waals surface area contributed by atoms with Crippen molar-refractivity contribution >= 4 is 23.5 Å². The minimum Gasteiger partial charge on any atom is -0.489 e. The summed E-state index contributed by atoms with van der Waals surface area (Å²) in [7, 11) is 1.74. The minimum atomic E-state index is -0.433. The van der Waals surface area contributed by atoms with Crippen LogP contribution in [0.2, 0.25) is 0 Å². The van der Waals surface area contributed by atoms with Crippen molar-refractivity contribution in [2.45, 2.75) is 24.1 Å². The number of ether oxygens (including phenoxy) is 1. The van der Waals surface area contributed by atoms with E-state index in [-0.39, 0.29) is 30.3 Å². The number of halogens is 1. The first-order valence-corrected chi connectivity index (χ1v) is 10.9. The quantitative estimate of drug-likeness (QED) is 0.353. The standard InChI is InChI=1S/C24H20FN3O3S/c1-3-12-32-24-27-23(30)21-18(13-20(29)26-22(21)28(24)2)15-8-10-17(11-9-15)31-14-16-6-4-5-7-19(16)25/h1,4-11,18H,12-14H2,2H3,(H,26,29). The van der Waals surface area contributed by atoms with Crippen LogP contribution in [-0.4, -0.2) is 21.2 Å². The van der Waals surface area contributed by atoms with E-state index in [0.29, 0.717) is 33.6 Å². The fourth-order valence-corrected chi connectivity index (χ4v) is 4.27. The van der Waals surface area contributed by atoms with Crippen molar-refractivity contribution in [3.63, 3.8) is 0 Å². The highest BCUT2D eigenvalue weighted by Crippen LogP contribution is 2.36. The number of carbonyl (C=O) groups is 1. The van der Waals surface area contributed by atoms with E-state index in [4.69, 9.17) is 11.2 Å². The Kier molecular flexibility index (Phi) is 6.28. The van der Waals surface area contributed by atoms with Crippen LogP contribution in [0, 0.1) is 18.2 Å². The molecule has 2 aromatic carbocycles. The molecule has 0 saturated heterocycles. The second-order valence-electron chi connectivity index (χ2n) is 7.27. The maximum Gasteiger partial charge on any atom is 0.279 e. The number of thioether (sulfide) groups is 1. The van der Waals surface area contributed by atoms with Crippen molar-refractivity contribution < 1.29 is 13.9 Å². The van der Waals surface area contributed by atoms with Gasteiger partial charge in [0.25, 0.3) is 5.56 Å². The predicted octanol–water partition coefficient (Wildman–Crippen LogP) is 3.70. The highest BCUT2D eigenvalue weighted by Gasteiger charge is 2.32. The van der Waals surface area contributed by atoms with Gasteiger partial charge in [-0.25, -0.2) is 4.39 Å². The van der Waals surface area contributed by atoms with Crippen LogP contribution in [0.1, 0.15) is 29.0 Å². The number of carbonyl (C=O) groups excluding carboxylic acids is 1. The van der Waals surface area contributed by atoms with Gasteiger partial charge in [-0.2, -0.15) is 4.98 Å². The summed E-state index contributed by atoms with van der Waals surface area (Å²) in [6, 6.07) is 13.5. The molecule has 0 saturated carbocycles. The largest absolute Gasteiger partial charge is 0.489 e. The van der Waals surface area contributed by atoms with E-state index in [1.807, 2.05) is 12.1 Å². The van der Waals surface area contributed by atoms with E-state index in [9.17, 15) is 14.0 Å². The summed E-state index contributed by atoms with van der Waals surface area (Å²) in [5.41, 5.74) is 1.31. The van der Waals surface area contributed by atoms with E-state index in [1.165, 1.54) is 17.8 Å². The highest BCUT2D eigenvalue weighted by atomic mass is 32.2. The summed E-state index contributed by atoms with van der Waals surface area (Å²) < 4.78 is 21.2. The van der Waals surface area contributed by atoms with Crippen LogP contribution < -0.4 is 15.6 Å². The second-order valence-corrected chi connectivity index (χ2v) is 8.21. The van der Waals surface area contributed by atoms with Crippen LogP contribution in [-0.2, 0) is 18.4 Å². The van der Waals surface area contributed by atoms with Crippen molar-refractivity contribution in [1.82, 2.24) is 9.55 Å². The molecule has 1 N–H and O–H groups in total. The molecule has 8 heteroatoms. The van der Waals surface area contributed by atoms with E-state index in [1.54, 1.807) is 41.9 Å². The zero-order valence-electron chi connectivity index (χ0n) is 17.3. The number of benzene rings is 2. The molecule has 1 amide bonds. The molecule has 1 unspecified atom stereocenters. The number of aromatic nitrogens is 2. The summed E-state index contributed by atoms with van der Waals surface area (Å²) in [5, 5.41) is 3.25. The number of nitrogens with zero attached hydrogens (tertiary/aromatic N) is 2. The summed E-state index contributed by atoms with van der Waals surface area (Å²) in [4.78, 5) is 29.4. The molecule has 1 aromatic heterocycles. The Balaban J connectivity index is 1.60. The number of fused-ring (bicyclic) bond motifs is 1. The zero-order valence-corrected chi connectivity index (χ0v) is 18.1. The van der Waals surface area contributed by atoms with Crippen LogP contribution in [0.3, 0.4) is 0 Å². The van der Waals surface area contributed by atoms with Gasteiger partial charge < -0.3 is 14.6 Å². The average Bonchev–Trinajstić information content (AvgIpc) is 2.79. The molecular formula is C24H20FN3O3S. The van der Waals surface area contributed by atoms with E-state index in [0.717, 1.165) is 5.56 Å². The van der Waals surface area contributed by atoms with Gasteiger partial charge in [0, 0.05) is 24.9 Å². The van der Waals surface area contributed by atoms with Crippen LogP contribution in [0.25, 0.3) is 0 Å². The summed E-state index contributed by atoms with van der Waals surface area (Å²) in [5.74, 6) is 2.93. The molecule has 3 aromatic rings. The predicted molar refractivity (Wildman–Crippen MR) is 121 cm³/mol. The van der Waals surface area contributed by atoms with Gasteiger partial charge in [0.05, 0.1) is 11.3 Å². The van der Waals surface area contributed by atoms with Gasteiger partial charge in [-0.15, -0.1) is 6.42 Å². The number of hydrogen-bond acceptors (Lipinski definition) is 5. The molecule has 1 atom stereocenters. The topological polar surface area (TPSA) is 73.2 Å². The van der Waals surface area contributed by atoms with Crippen LogP contribution in [0.15, 0.2) is 58.5 Å². The third kappa shape index (κ3) is 4.39. The highest BCUT2D eigenvalue weighted by molar-refractivity contribution is 7.99. The molecule has 2 heterocycles. The lowest BCUT2D eigenvalue weighted by molar-refractivity contribution is -0.116. The minimum absolute atomic E-state index is 0.100. The van der Waals surface area contributed by atoms with Crippen molar-refractivity contribution in [1.29, 1.82) is 0 Å². The molecule has 1 aliphatic rings. The maximum absolute atomic E-state index is 13.8. The van der Waals surface area contributed by atoms with Crippen molar-refractivity contribution in [2.75, 3.05) is 11.1 Å². The Labute approximate surface area is 188 Å². The van der Waals surface area contributed by atoms with Gasteiger partial charge in [-0.1, -0.05) is 48.0 Å². The Hall–Kier alpha value is -3.57. The lowest BCUT2D eigenvalue weighted by atomic mass is 9.87. The average molecular weight is 450 g/mol. The van der Waals surface area contributed by atoms with Gasteiger partial charge >= 0.3 is 0 Å². The molecule has 162 valence electrons. The molecule has 0 radical (unpaired) electrons. The third-order valence-corrected chi connectivity index (χ3v) is 6.15. The molecule has 0 bridgehead atoms. The SMILES string of the molecule is C#CCSc1nc(=O)c2c(n1C)NC(=O)CC2c1ccc(OCc2ccccc2F)cc1. The molecule has 32 heavy (non-hydrogen) atoms. The first kappa shape index (κ1) is 21.7. The molecule has 1 aliphatic heterocycles. The number of amides is 1. The number of terminal acetylenes is 1. The summed E-state index contributed by atoms with van der Waals surface area (Å²) >= 11 is 1.26. The summed E-state index contributed by atoms with van der Waals surface area (Å²) in [6.45, 7) is 0.100. The molecule has 0 aliphatic carbocycles. The Morgan fingerprint density at radius 1 is 1.25 bits per heavy atom. The maximum atomic E-state index is 13.8. The van der Waals surface area contributed by atoms with Gasteiger partial charge in [0.15, 0.2) is 5.16 Å². The normalized spacial score (nSPS) is 14.9. The van der Waals surface area contributed by atoms with E-state index in [2.05, 4.69) is 16.2 Å². The van der Waals surface area contributed by atoms with Gasteiger partial charge in [0.1, 0.15) is 24.0 Å². The lowest BCUT2D eigenvalue weighted by Gasteiger charge is -2.27. The number of nitrogens with one attached hydrogen (secondary N) is 1. The second kappa shape index (κ2) is 9.28. The molecule has 6 nitrogen and oxygen atoms in total. The molecule has 0 fully saturated rings. The van der Waals surface area contributed by atoms with Gasteiger partial charge in [-0.05, 0) is 23.8 Å². The van der Waals surface area contributed by atoms with Gasteiger partial charge in [-0.3, -0.25) is 9.59 Å². The number of hydrogen-bond donors (Lipinski definition) is 1. The van der Waals surface area contributed by atoms with Crippen LogP contribution >= 0.6 is 11.8 Å². The zero-order chi connectivity index (χ0) is 22.7. The van der Waals surface area contributed by atoms with E-state index >= 15 is 0 Å². The van der Waals surface area contributed by atoms with Crippen molar-refractivity contribution in [3.8, 4) is 18.1 Å². The first-order valence-electron chi connectivity index (χ1n) is 9.91. The van der Waals surface area contributed by atoms with Crippen molar-refractivity contribution in [3.05, 3.63) is 81.4 Å². The molecular weight excluding hydrogens is 429 g/mol. The Morgan fingerprint density at radius 3 is 2.72 bits per heavy atom. The smallest absolute Gasteiger partial charge is 0.279 e. The third-order valence-electron chi connectivity index (χ3n) is 5.22. The van der Waals surface area contributed by atoms with Crippen LogP contribution in [0.5, 0.6) is 5.75 Å². The Morgan fingerprint density at radius 2 is 2.00 bits per heavy atom. The fraction of sp³-hybridized carbons (Fsp3) is 0.208. The van der Waals surface area contributed by atoms with Crippen molar-refractivity contribution in [2.24, 2.45) is 7.05 Å². The lowest BCUT2D eigenvalue weighted by Crippen LogP contribution is -2.33. The van der Waals surface area contributed by atoms with Crippen LogP contribution in [0.4, 0.5) is 10.2 Å². The molecule has 0 spiro atoms. The first-order chi connectivity index (χ1) is 15.5. The summed E-state index contributed by atoms with van der Waals surface area (Å²) in [6.07, 6.45) is 5.45. The Bertz CT molecular complexity index is 1260.